The Bertz CT molecular complexity index is 2490. The Kier molecular flexibility index (Phi) is 5.68. The van der Waals surface area contributed by atoms with E-state index >= 15 is 0 Å². The van der Waals surface area contributed by atoms with Crippen LogP contribution in [0.15, 0.2) is 152 Å². The van der Waals surface area contributed by atoms with Crippen LogP contribution in [-0.2, 0) is 0 Å². The maximum absolute atomic E-state index is 5.26. The molecule has 9 aromatic rings. The largest absolute Gasteiger partial charge is 0.309 e. The summed E-state index contributed by atoms with van der Waals surface area (Å²) in [5.74, 6) is 0.720. The number of fused-ring (bicyclic) bond motifs is 6. The Labute approximate surface area is 258 Å². The van der Waals surface area contributed by atoms with Crippen molar-refractivity contribution in [3.05, 3.63) is 152 Å². The molecular weight excluding hydrogens is 555 g/mol. The third kappa shape index (κ3) is 3.96. The monoisotopic (exact) mass is 579 g/mol. The van der Waals surface area contributed by atoms with E-state index in [2.05, 4.69) is 150 Å². The van der Waals surface area contributed by atoms with Crippen LogP contribution in [0.5, 0.6) is 0 Å². The van der Waals surface area contributed by atoms with Crippen molar-refractivity contribution in [3.8, 4) is 39.6 Å². The lowest BCUT2D eigenvalue weighted by Gasteiger charge is -2.11. The van der Waals surface area contributed by atoms with Crippen LogP contribution >= 0.6 is 11.3 Å². The summed E-state index contributed by atoms with van der Waals surface area (Å²) in [6.45, 7) is 0. The third-order valence-corrected chi connectivity index (χ3v) is 9.64. The van der Waals surface area contributed by atoms with E-state index in [9.17, 15) is 0 Å². The fourth-order valence-electron chi connectivity index (χ4n) is 6.39. The van der Waals surface area contributed by atoms with Gasteiger partial charge < -0.3 is 4.57 Å². The molecule has 3 nitrogen and oxygen atoms in total. The smallest absolute Gasteiger partial charge is 0.160 e. The van der Waals surface area contributed by atoms with E-state index < -0.39 is 0 Å². The van der Waals surface area contributed by atoms with Gasteiger partial charge in [-0.3, -0.25) is 0 Å². The van der Waals surface area contributed by atoms with Crippen LogP contribution in [0, 0.1) is 0 Å². The highest BCUT2D eigenvalue weighted by molar-refractivity contribution is 7.26. The van der Waals surface area contributed by atoms with Gasteiger partial charge in [-0.05, 0) is 48.5 Å². The van der Waals surface area contributed by atoms with Crippen molar-refractivity contribution < 1.29 is 0 Å². The number of hydrogen-bond donors (Lipinski definition) is 0. The van der Waals surface area contributed by atoms with Crippen LogP contribution in [0.3, 0.4) is 0 Å². The minimum absolute atomic E-state index is 0.720. The van der Waals surface area contributed by atoms with Gasteiger partial charge in [-0.15, -0.1) is 11.3 Å². The summed E-state index contributed by atoms with van der Waals surface area (Å²) in [5, 5.41) is 4.94. The Morgan fingerprint density at radius 3 is 2.00 bits per heavy atom. The van der Waals surface area contributed by atoms with E-state index in [0.29, 0.717) is 0 Å². The van der Waals surface area contributed by atoms with Gasteiger partial charge in [-0.25, -0.2) is 9.97 Å². The first-order chi connectivity index (χ1) is 21.8. The zero-order valence-electron chi connectivity index (χ0n) is 23.7. The third-order valence-electron chi connectivity index (χ3n) is 8.42. The molecule has 0 saturated carbocycles. The van der Waals surface area contributed by atoms with E-state index in [1.165, 1.54) is 36.5 Å². The highest BCUT2D eigenvalue weighted by atomic mass is 32.1. The minimum Gasteiger partial charge on any atom is -0.309 e. The van der Waals surface area contributed by atoms with Crippen LogP contribution in [0.25, 0.3) is 81.6 Å². The first-order valence-corrected chi connectivity index (χ1v) is 15.6. The van der Waals surface area contributed by atoms with E-state index in [0.717, 1.165) is 45.1 Å². The highest BCUT2D eigenvalue weighted by Crippen LogP contribution is 2.41. The van der Waals surface area contributed by atoms with E-state index in [4.69, 9.17) is 9.97 Å². The van der Waals surface area contributed by atoms with Crippen molar-refractivity contribution >= 4 is 53.3 Å². The SMILES string of the molecule is c1ccc(-c2cc(-c3cccc4c3sc3ccccc34)nc(-c3ccc4c(c3)c3ccccc3n4-c3ccccc3)n2)cc1. The number of nitrogens with zero attached hydrogens (tertiary/aromatic N) is 3. The molecule has 3 heterocycles. The van der Waals surface area contributed by atoms with Crippen LogP contribution in [-0.4, -0.2) is 14.5 Å². The van der Waals surface area contributed by atoms with Crippen LogP contribution in [0.2, 0.25) is 0 Å². The maximum Gasteiger partial charge on any atom is 0.160 e. The quantitative estimate of drug-likeness (QED) is 0.208. The van der Waals surface area contributed by atoms with Crippen molar-refractivity contribution in [1.82, 2.24) is 14.5 Å². The summed E-state index contributed by atoms with van der Waals surface area (Å²) in [5.41, 5.74) is 8.53. The van der Waals surface area contributed by atoms with Crippen LogP contribution in [0.1, 0.15) is 0 Å². The number of rotatable bonds is 4. The number of hydrogen-bond acceptors (Lipinski definition) is 3. The number of aromatic nitrogens is 3. The van der Waals surface area contributed by atoms with Crippen molar-refractivity contribution in [2.75, 3.05) is 0 Å². The average Bonchev–Trinajstić information content (AvgIpc) is 3.64. The Morgan fingerprint density at radius 2 is 1.14 bits per heavy atom. The summed E-state index contributed by atoms with van der Waals surface area (Å²) in [7, 11) is 0. The molecule has 0 saturated heterocycles. The molecule has 0 radical (unpaired) electrons. The van der Waals surface area contributed by atoms with E-state index in [-0.39, 0.29) is 0 Å². The average molecular weight is 580 g/mol. The molecule has 0 aliphatic rings. The van der Waals surface area contributed by atoms with Crippen molar-refractivity contribution in [1.29, 1.82) is 0 Å². The predicted molar refractivity (Wildman–Crippen MR) is 186 cm³/mol. The number of thiophene rings is 1. The molecule has 44 heavy (non-hydrogen) atoms. The van der Waals surface area contributed by atoms with Gasteiger partial charge in [0.25, 0.3) is 0 Å². The molecule has 9 rings (SSSR count). The molecule has 0 unspecified atom stereocenters. The van der Waals surface area contributed by atoms with Crippen molar-refractivity contribution in [2.24, 2.45) is 0 Å². The second-order valence-corrected chi connectivity index (χ2v) is 12.1. The molecule has 0 N–H and O–H groups in total. The molecule has 3 aromatic heterocycles. The summed E-state index contributed by atoms with van der Waals surface area (Å²) < 4.78 is 4.87. The van der Waals surface area contributed by atoms with E-state index in [1.807, 2.05) is 17.4 Å². The van der Waals surface area contributed by atoms with Crippen LogP contribution in [0.4, 0.5) is 0 Å². The highest BCUT2D eigenvalue weighted by Gasteiger charge is 2.17. The Morgan fingerprint density at radius 1 is 0.455 bits per heavy atom. The fourth-order valence-corrected chi connectivity index (χ4v) is 7.61. The second-order valence-electron chi connectivity index (χ2n) is 11.0. The van der Waals surface area contributed by atoms with Gasteiger partial charge in [-0.2, -0.15) is 0 Å². The number of para-hydroxylation sites is 2. The molecule has 4 heteroatoms. The molecule has 0 atom stereocenters. The molecular formula is C40H25N3S. The van der Waals surface area contributed by atoms with Gasteiger partial charge in [-0.1, -0.05) is 103 Å². The van der Waals surface area contributed by atoms with Crippen molar-refractivity contribution in [3.63, 3.8) is 0 Å². The minimum atomic E-state index is 0.720. The predicted octanol–water partition coefficient (Wildman–Crippen LogP) is 10.9. The van der Waals surface area contributed by atoms with Gasteiger partial charge in [0.05, 0.1) is 22.4 Å². The van der Waals surface area contributed by atoms with Gasteiger partial charge in [0.1, 0.15) is 0 Å². The summed E-state index contributed by atoms with van der Waals surface area (Å²) in [4.78, 5) is 10.4. The normalized spacial score (nSPS) is 11.6. The molecule has 0 bridgehead atoms. The lowest BCUT2D eigenvalue weighted by molar-refractivity contribution is 1.17. The lowest BCUT2D eigenvalue weighted by Crippen LogP contribution is -1.96. The topological polar surface area (TPSA) is 30.7 Å². The molecule has 0 amide bonds. The molecule has 0 spiro atoms. The van der Waals surface area contributed by atoms with Crippen LogP contribution < -0.4 is 0 Å². The summed E-state index contributed by atoms with van der Waals surface area (Å²) in [6, 6.07) is 53.5. The molecule has 0 fully saturated rings. The maximum atomic E-state index is 5.26. The van der Waals surface area contributed by atoms with Gasteiger partial charge in [0, 0.05) is 53.3 Å². The number of benzene rings is 6. The summed E-state index contributed by atoms with van der Waals surface area (Å²) >= 11 is 1.83. The van der Waals surface area contributed by atoms with E-state index in [1.54, 1.807) is 0 Å². The van der Waals surface area contributed by atoms with Gasteiger partial charge >= 0.3 is 0 Å². The zero-order valence-corrected chi connectivity index (χ0v) is 24.5. The fraction of sp³-hybridized carbons (Fsp3) is 0. The second kappa shape index (κ2) is 10.0. The van der Waals surface area contributed by atoms with Gasteiger partial charge in [0.2, 0.25) is 0 Å². The molecule has 206 valence electrons. The first kappa shape index (κ1) is 25.0. The standard InChI is InChI=1S/C40H25N3S/c1-3-12-26(13-4-1)34-25-35(32-19-11-18-31-30-17-8-10-21-38(30)44-39(31)32)42-40(41-34)27-22-23-37-33(24-27)29-16-7-9-20-36(29)43(37)28-14-5-2-6-15-28/h1-25H. The Balaban J connectivity index is 1.29. The zero-order chi connectivity index (χ0) is 29.0. The molecule has 0 aliphatic carbocycles. The lowest BCUT2D eigenvalue weighted by atomic mass is 10.0. The Hall–Kier alpha value is -5.58. The summed E-state index contributed by atoms with van der Waals surface area (Å²) in [6.07, 6.45) is 0. The molecule has 0 aliphatic heterocycles. The first-order valence-electron chi connectivity index (χ1n) is 14.8. The van der Waals surface area contributed by atoms with Gasteiger partial charge in [0.15, 0.2) is 5.82 Å². The molecule has 6 aromatic carbocycles. The van der Waals surface area contributed by atoms with Crippen molar-refractivity contribution in [2.45, 2.75) is 0 Å².